The first kappa shape index (κ1) is 15.5. The van der Waals surface area contributed by atoms with Crippen LogP contribution in [0.5, 0.6) is 11.5 Å². The summed E-state index contributed by atoms with van der Waals surface area (Å²) in [7, 11) is 0. The standard InChI is InChI=1S/C17H19N3O3/c21-16-11-19-8-13(16)9-20-17(22)12-3-5-14(6-4-12)23-15-2-1-7-18-10-15/h1-7,10,13,16,19,21H,8-9,11H2,(H,20,22). The summed E-state index contributed by atoms with van der Waals surface area (Å²) in [4.78, 5) is 16.1. The highest BCUT2D eigenvalue weighted by atomic mass is 16.5. The molecular formula is C17H19N3O3. The van der Waals surface area contributed by atoms with Gasteiger partial charge in [-0.05, 0) is 36.4 Å². The molecule has 1 aliphatic rings. The SMILES string of the molecule is O=C(NCC1CNCC1O)c1ccc(Oc2cccnc2)cc1. The number of pyridine rings is 1. The van der Waals surface area contributed by atoms with Gasteiger partial charge in [-0.1, -0.05) is 0 Å². The molecule has 1 fully saturated rings. The van der Waals surface area contributed by atoms with Crippen molar-refractivity contribution in [3.05, 3.63) is 54.4 Å². The molecule has 1 saturated heterocycles. The van der Waals surface area contributed by atoms with Gasteiger partial charge in [0.25, 0.3) is 5.91 Å². The van der Waals surface area contributed by atoms with E-state index >= 15 is 0 Å². The number of aromatic nitrogens is 1. The summed E-state index contributed by atoms with van der Waals surface area (Å²) in [6, 6.07) is 10.5. The molecule has 0 radical (unpaired) electrons. The molecule has 1 aliphatic heterocycles. The zero-order chi connectivity index (χ0) is 16.1. The molecular weight excluding hydrogens is 294 g/mol. The van der Waals surface area contributed by atoms with Crippen molar-refractivity contribution in [3.63, 3.8) is 0 Å². The molecule has 1 aromatic heterocycles. The van der Waals surface area contributed by atoms with Crippen LogP contribution in [-0.2, 0) is 0 Å². The van der Waals surface area contributed by atoms with Crippen LogP contribution < -0.4 is 15.4 Å². The Morgan fingerprint density at radius 1 is 1.26 bits per heavy atom. The topological polar surface area (TPSA) is 83.5 Å². The Balaban J connectivity index is 1.55. The number of aliphatic hydroxyl groups excluding tert-OH is 1. The van der Waals surface area contributed by atoms with E-state index in [0.717, 1.165) is 6.54 Å². The predicted octanol–water partition coefficient (Wildman–Crippen LogP) is 1.18. The van der Waals surface area contributed by atoms with E-state index in [1.165, 1.54) is 0 Å². The van der Waals surface area contributed by atoms with Gasteiger partial charge in [-0.15, -0.1) is 0 Å². The van der Waals surface area contributed by atoms with E-state index in [-0.39, 0.29) is 11.8 Å². The molecule has 0 aliphatic carbocycles. The second kappa shape index (κ2) is 7.21. The minimum absolute atomic E-state index is 0.0622. The second-order valence-electron chi connectivity index (χ2n) is 5.51. The van der Waals surface area contributed by atoms with Crippen LogP contribution in [0.4, 0.5) is 0 Å². The van der Waals surface area contributed by atoms with Crippen LogP contribution in [0.3, 0.4) is 0 Å². The molecule has 0 bridgehead atoms. The minimum atomic E-state index is -0.398. The van der Waals surface area contributed by atoms with Crippen LogP contribution >= 0.6 is 0 Å². The normalized spacial score (nSPS) is 20.2. The lowest BCUT2D eigenvalue weighted by Crippen LogP contribution is -2.34. The Bertz CT molecular complexity index is 646. The first-order valence-electron chi connectivity index (χ1n) is 7.57. The molecule has 1 aromatic carbocycles. The quantitative estimate of drug-likeness (QED) is 0.772. The fourth-order valence-corrected chi connectivity index (χ4v) is 2.47. The number of hydrogen-bond acceptors (Lipinski definition) is 5. The number of carbonyl (C=O) groups excluding carboxylic acids is 1. The molecule has 1 amide bonds. The van der Waals surface area contributed by atoms with Gasteiger partial charge in [-0.25, -0.2) is 0 Å². The van der Waals surface area contributed by atoms with Gasteiger partial charge < -0.3 is 20.5 Å². The highest BCUT2D eigenvalue weighted by Gasteiger charge is 2.25. The Labute approximate surface area is 134 Å². The number of rotatable bonds is 5. The van der Waals surface area contributed by atoms with E-state index < -0.39 is 6.10 Å². The number of amides is 1. The van der Waals surface area contributed by atoms with Gasteiger partial charge in [0, 0.05) is 37.3 Å². The van der Waals surface area contributed by atoms with Gasteiger partial charge in [0.2, 0.25) is 0 Å². The number of nitrogens with one attached hydrogen (secondary N) is 2. The molecule has 3 N–H and O–H groups in total. The van der Waals surface area contributed by atoms with Crippen molar-refractivity contribution in [1.82, 2.24) is 15.6 Å². The van der Waals surface area contributed by atoms with E-state index in [0.29, 0.717) is 30.2 Å². The maximum Gasteiger partial charge on any atom is 0.251 e. The highest BCUT2D eigenvalue weighted by molar-refractivity contribution is 5.94. The van der Waals surface area contributed by atoms with Crippen LogP contribution in [0.25, 0.3) is 0 Å². The van der Waals surface area contributed by atoms with Crippen molar-refractivity contribution in [1.29, 1.82) is 0 Å². The summed E-state index contributed by atoms with van der Waals surface area (Å²) in [5.41, 5.74) is 0.559. The molecule has 3 rings (SSSR count). The molecule has 2 atom stereocenters. The molecule has 2 unspecified atom stereocenters. The fourth-order valence-electron chi connectivity index (χ4n) is 2.47. The maximum atomic E-state index is 12.1. The minimum Gasteiger partial charge on any atom is -0.456 e. The second-order valence-corrected chi connectivity index (χ2v) is 5.51. The summed E-state index contributed by atoms with van der Waals surface area (Å²) < 4.78 is 5.63. The Hall–Kier alpha value is -2.44. The summed E-state index contributed by atoms with van der Waals surface area (Å²) >= 11 is 0. The van der Waals surface area contributed by atoms with E-state index in [9.17, 15) is 9.90 Å². The predicted molar refractivity (Wildman–Crippen MR) is 85.5 cm³/mol. The van der Waals surface area contributed by atoms with E-state index in [2.05, 4.69) is 15.6 Å². The highest BCUT2D eigenvalue weighted by Crippen LogP contribution is 2.20. The number of nitrogens with zero attached hydrogens (tertiary/aromatic N) is 1. The van der Waals surface area contributed by atoms with E-state index in [1.807, 2.05) is 6.07 Å². The first-order chi connectivity index (χ1) is 11.2. The van der Waals surface area contributed by atoms with Crippen molar-refractivity contribution >= 4 is 5.91 Å². The van der Waals surface area contributed by atoms with Crippen LogP contribution in [0, 0.1) is 5.92 Å². The van der Waals surface area contributed by atoms with Gasteiger partial charge in [0.15, 0.2) is 0 Å². The molecule has 120 valence electrons. The van der Waals surface area contributed by atoms with Gasteiger partial charge in [0.05, 0.1) is 12.3 Å². The van der Waals surface area contributed by atoms with Crippen molar-refractivity contribution in [2.45, 2.75) is 6.10 Å². The van der Waals surface area contributed by atoms with Gasteiger partial charge >= 0.3 is 0 Å². The van der Waals surface area contributed by atoms with Gasteiger partial charge in [-0.2, -0.15) is 0 Å². The largest absolute Gasteiger partial charge is 0.456 e. The van der Waals surface area contributed by atoms with Crippen molar-refractivity contribution in [3.8, 4) is 11.5 Å². The third-order valence-corrected chi connectivity index (χ3v) is 3.82. The maximum absolute atomic E-state index is 12.1. The number of aliphatic hydroxyl groups is 1. The lowest BCUT2D eigenvalue weighted by molar-refractivity contribution is 0.0927. The number of carbonyl (C=O) groups is 1. The molecule has 0 spiro atoms. The van der Waals surface area contributed by atoms with Crippen LogP contribution in [0.15, 0.2) is 48.8 Å². The van der Waals surface area contributed by atoms with Crippen molar-refractivity contribution < 1.29 is 14.6 Å². The van der Waals surface area contributed by atoms with Crippen LogP contribution in [0.2, 0.25) is 0 Å². The van der Waals surface area contributed by atoms with Crippen LogP contribution in [0.1, 0.15) is 10.4 Å². The molecule has 6 heteroatoms. The van der Waals surface area contributed by atoms with Crippen LogP contribution in [-0.4, -0.2) is 41.7 Å². The average Bonchev–Trinajstić information content (AvgIpc) is 2.99. The average molecular weight is 313 g/mol. The lowest BCUT2D eigenvalue weighted by Gasteiger charge is -2.14. The Morgan fingerprint density at radius 2 is 2.09 bits per heavy atom. The van der Waals surface area contributed by atoms with E-state index in [1.54, 1.807) is 42.7 Å². The number of hydrogen-bond donors (Lipinski definition) is 3. The first-order valence-corrected chi connectivity index (χ1v) is 7.57. The van der Waals surface area contributed by atoms with Crippen molar-refractivity contribution in [2.75, 3.05) is 19.6 Å². The molecule has 23 heavy (non-hydrogen) atoms. The van der Waals surface area contributed by atoms with Gasteiger partial charge in [-0.3, -0.25) is 9.78 Å². The smallest absolute Gasteiger partial charge is 0.251 e. The zero-order valence-corrected chi connectivity index (χ0v) is 12.6. The summed E-state index contributed by atoms with van der Waals surface area (Å²) in [5.74, 6) is 1.20. The van der Waals surface area contributed by atoms with Crippen molar-refractivity contribution in [2.24, 2.45) is 5.92 Å². The molecule has 0 saturated carbocycles. The number of ether oxygens (including phenoxy) is 1. The molecule has 2 aromatic rings. The lowest BCUT2D eigenvalue weighted by atomic mass is 10.1. The van der Waals surface area contributed by atoms with E-state index in [4.69, 9.17) is 4.74 Å². The Morgan fingerprint density at radius 3 is 2.74 bits per heavy atom. The zero-order valence-electron chi connectivity index (χ0n) is 12.6. The monoisotopic (exact) mass is 313 g/mol. The third-order valence-electron chi connectivity index (χ3n) is 3.82. The summed E-state index contributed by atoms with van der Waals surface area (Å²) in [5, 5.41) is 15.7. The van der Waals surface area contributed by atoms with Gasteiger partial charge in [0.1, 0.15) is 11.5 Å². The molecule has 2 heterocycles. The number of benzene rings is 1. The fraction of sp³-hybridized carbons (Fsp3) is 0.294. The molecule has 6 nitrogen and oxygen atoms in total. The third kappa shape index (κ3) is 4.06. The summed E-state index contributed by atoms with van der Waals surface area (Å²) in [6.45, 7) is 1.77. The summed E-state index contributed by atoms with van der Waals surface area (Å²) in [6.07, 6.45) is 2.91. The number of β-amino-alcohol motifs (C(OH)–C–C–N with tert-alkyl or cyclic N) is 1. The Kier molecular flexibility index (Phi) is 4.85.